The molecule has 120 valence electrons. The molecule has 1 heterocycles. The number of thiazole rings is 1. The number of nitrogens with zero attached hydrogens (tertiary/aromatic N) is 2. The van der Waals surface area contributed by atoms with Gasteiger partial charge in [-0.3, -0.25) is 9.36 Å². The summed E-state index contributed by atoms with van der Waals surface area (Å²) in [7, 11) is 0. The molecule has 6 nitrogen and oxygen atoms in total. The Bertz CT molecular complexity index is 759. The van der Waals surface area contributed by atoms with E-state index in [9.17, 15) is 14.9 Å². The molecule has 1 rings (SSSR count). The van der Waals surface area contributed by atoms with Crippen LogP contribution >= 0.6 is 11.3 Å². The molecule has 0 aliphatic carbocycles. The van der Waals surface area contributed by atoms with Crippen molar-refractivity contribution < 1.29 is 14.3 Å². The molecule has 0 amide bonds. The van der Waals surface area contributed by atoms with Gasteiger partial charge in [-0.05, 0) is 34.6 Å². The topological polar surface area (TPSA) is 81.3 Å². The summed E-state index contributed by atoms with van der Waals surface area (Å²) < 4.78 is 12.4. The number of nitriles is 1. The van der Waals surface area contributed by atoms with E-state index in [1.54, 1.807) is 34.6 Å². The lowest BCUT2D eigenvalue weighted by Gasteiger charge is -2.18. The molecule has 0 aliphatic heterocycles. The SMILES string of the molecule is CCO/C=c1\s/c(=C(/C#N)C(=O)OC(C)(C)C)n(CC)c1=O. The van der Waals surface area contributed by atoms with Crippen LogP contribution in [-0.4, -0.2) is 22.7 Å². The lowest BCUT2D eigenvalue weighted by molar-refractivity contribution is -0.147. The minimum absolute atomic E-state index is 0.171. The smallest absolute Gasteiger partial charge is 0.352 e. The molecule has 1 aromatic heterocycles. The van der Waals surface area contributed by atoms with Crippen molar-refractivity contribution in [2.24, 2.45) is 0 Å². The average molecular weight is 324 g/mol. The van der Waals surface area contributed by atoms with Gasteiger partial charge in [0.2, 0.25) is 0 Å². The van der Waals surface area contributed by atoms with Gasteiger partial charge < -0.3 is 9.47 Å². The van der Waals surface area contributed by atoms with E-state index in [2.05, 4.69) is 0 Å². The molecule has 1 aromatic rings. The Labute approximate surface area is 132 Å². The van der Waals surface area contributed by atoms with E-state index in [0.717, 1.165) is 11.3 Å². The van der Waals surface area contributed by atoms with Crippen LogP contribution in [0.4, 0.5) is 0 Å². The molecule has 7 heteroatoms. The van der Waals surface area contributed by atoms with E-state index in [0.29, 0.717) is 17.7 Å². The number of esters is 1. The number of aromatic nitrogens is 1. The van der Waals surface area contributed by atoms with E-state index in [1.165, 1.54) is 10.8 Å². The maximum atomic E-state index is 12.2. The van der Waals surface area contributed by atoms with E-state index in [1.807, 2.05) is 6.07 Å². The number of carbonyl (C=O) groups excluding carboxylic acids is 1. The van der Waals surface area contributed by atoms with Gasteiger partial charge in [0.05, 0.1) is 6.61 Å². The van der Waals surface area contributed by atoms with Crippen LogP contribution in [0.15, 0.2) is 4.79 Å². The maximum absolute atomic E-state index is 12.2. The first-order valence-corrected chi connectivity index (χ1v) is 7.76. The predicted octanol–water partition coefficient (Wildman–Crippen LogP) is 0.720. The van der Waals surface area contributed by atoms with Crippen LogP contribution < -0.4 is 14.8 Å². The maximum Gasteiger partial charge on any atom is 0.352 e. The molecule has 0 bridgehead atoms. The summed E-state index contributed by atoms with van der Waals surface area (Å²) in [5.74, 6) is -0.735. The first kappa shape index (κ1) is 18.0. The minimum atomic E-state index is -0.735. The van der Waals surface area contributed by atoms with Gasteiger partial charge in [0.15, 0.2) is 5.57 Å². The van der Waals surface area contributed by atoms with E-state index in [4.69, 9.17) is 9.47 Å². The Morgan fingerprint density at radius 2 is 2.05 bits per heavy atom. The van der Waals surface area contributed by atoms with Crippen LogP contribution in [0.5, 0.6) is 0 Å². The number of rotatable bonds is 4. The highest BCUT2D eigenvalue weighted by atomic mass is 32.1. The first-order valence-electron chi connectivity index (χ1n) is 6.94. The lowest BCUT2D eigenvalue weighted by Crippen LogP contribution is -2.33. The molecule has 22 heavy (non-hydrogen) atoms. The van der Waals surface area contributed by atoms with Crippen molar-refractivity contribution in [2.45, 2.75) is 46.8 Å². The molecule has 0 unspecified atom stereocenters. The van der Waals surface area contributed by atoms with Gasteiger partial charge in [-0.2, -0.15) is 5.26 Å². The highest BCUT2D eigenvalue weighted by Crippen LogP contribution is 2.10. The molecule has 0 spiro atoms. The highest BCUT2D eigenvalue weighted by molar-refractivity contribution is 7.07. The standard InChI is InChI=1S/C15H20N2O4S/c1-6-17-12(18)11(9-20-7-2)22-13(17)10(8-16)14(19)21-15(3,4)5/h9H,6-7H2,1-5H3/b11-9-,13-10-. The van der Waals surface area contributed by atoms with Crippen molar-refractivity contribution in [2.75, 3.05) is 6.61 Å². The second-order valence-electron chi connectivity index (χ2n) is 5.38. The van der Waals surface area contributed by atoms with Gasteiger partial charge in [-0.1, -0.05) is 0 Å². The van der Waals surface area contributed by atoms with E-state index < -0.39 is 11.6 Å². The molecule has 0 saturated heterocycles. The van der Waals surface area contributed by atoms with Crippen LogP contribution in [0, 0.1) is 11.3 Å². The summed E-state index contributed by atoms with van der Waals surface area (Å²) in [5.41, 5.74) is -1.17. The van der Waals surface area contributed by atoms with Crippen LogP contribution in [0.2, 0.25) is 0 Å². The molecule has 0 N–H and O–H groups in total. The summed E-state index contributed by atoms with van der Waals surface area (Å²) in [4.78, 5) is 24.4. The molecule has 0 aromatic carbocycles. The Hall–Kier alpha value is -2.07. The van der Waals surface area contributed by atoms with Crippen molar-refractivity contribution in [3.05, 3.63) is 19.5 Å². The molecule has 0 radical (unpaired) electrons. The third-order valence-corrected chi connectivity index (χ3v) is 3.62. The fraction of sp³-hybridized carbons (Fsp3) is 0.533. The van der Waals surface area contributed by atoms with Gasteiger partial charge in [-0.25, -0.2) is 4.79 Å². The van der Waals surface area contributed by atoms with Gasteiger partial charge in [0, 0.05) is 6.54 Å². The summed E-state index contributed by atoms with van der Waals surface area (Å²) in [6, 6.07) is 1.85. The van der Waals surface area contributed by atoms with Crippen LogP contribution in [0.25, 0.3) is 11.8 Å². The number of hydrogen-bond acceptors (Lipinski definition) is 6. The summed E-state index contributed by atoms with van der Waals surface area (Å²) >= 11 is 1.05. The van der Waals surface area contributed by atoms with Gasteiger partial charge in [-0.15, -0.1) is 11.3 Å². The molecule has 0 fully saturated rings. The summed E-state index contributed by atoms with van der Waals surface area (Å²) in [6.45, 7) is 9.50. The zero-order chi connectivity index (χ0) is 16.9. The minimum Gasteiger partial charge on any atom is -0.500 e. The normalized spacial score (nSPS) is 13.5. The second kappa shape index (κ2) is 7.27. The summed E-state index contributed by atoms with van der Waals surface area (Å²) in [6.07, 6.45) is 1.35. The van der Waals surface area contributed by atoms with E-state index in [-0.39, 0.29) is 15.8 Å². The first-order chi connectivity index (χ1) is 10.2. The van der Waals surface area contributed by atoms with Gasteiger partial charge in [0.1, 0.15) is 27.1 Å². The average Bonchev–Trinajstić information content (AvgIpc) is 2.71. The molecular weight excluding hydrogens is 304 g/mol. The van der Waals surface area contributed by atoms with Gasteiger partial charge >= 0.3 is 5.97 Å². The van der Waals surface area contributed by atoms with Crippen LogP contribution in [-0.2, 0) is 20.8 Å². The zero-order valence-corrected chi connectivity index (χ0v) is 14.2. The Balaban J connectivity index is 3.59. The molecule has 0 saturated carbocycles. The summed E-state index contributed by atoms with van der Waals surface area (Å²) in [5, 5.41) is 9.30. The van der Waals surface area contributed by atoms with Gasteiger partial charge in [0.25, 0.3) is 5.56 Å². The van der Waals surface area contributed by atoms with E-state index >= 15 is 0 Å². The predicted molar refractivity (Wildman–Crippen MR) is 84.5 cm³/mol. The molecule has 0 aliphatic rings. The third-order valence-electron chi connectivity index (χ3n) is 2.51. The quantitative estimate of drug-likeness (QED) is 0.762. The zero-order valence-electron chi connectivity index (χ0n) is 13.4. The fourth-order valence-electron chi connectivity index (χ4n) is 1.64. The van der Waals surface area contributed by atoms with Crippen molar-refractivity contribution in [1.82, 2.24) is 4.57 Å². The highest BCUT2D eigenvalue weighted by Gasteiger charge is 2.22. The Kier molecular flexibility index (Phi) is 5.94. The lowest BCUT2D eigenvalue weighted by atomic mass is 10.2. The van der Waals surface area contributed by atoms with Crippen LogP contribution in [0.3, 0.4) is 0 Å². The van der Waals surface area contributed by atoms with Crippen LogP contribution in [0.1, 0.15) is 34.6 Å². The molecular formula is C15H20N2O4S. The van der Waals surface area contributed by atoms with Crippen molar-refractivity contribution in [3.63, 3.8) is 0 Å². The number of carbonyl (C=O) groups is 1. The second-order valence-corrected chi connectivity index (χ2v) is 6.41. The van der Waals surface area contributed by atoms with Crippen molar-refractivity contribution in [3.8, 4) is 6.07 Å². The largest absolute Gasteiger partial charge is 0.500 e. The Morgan fingerprint density at radius 1 is 1.41 bits per heavy atom. The Morgan fingerprint density at radius 3 is 2.50 bits per heavy atom. The monoisotopic (exact) mass is 324 g/mol. The number of hydrogen-bond donors (Lipinski definition) is 0. The molecule has 0 atom stereocenters. The fourth-order valence-corrected chi connectivity index (χ4v) is 2.72. The van der Waals surface area contributed by atoms with Crippen molar-refractivity contribution >= 4 is 29.1 Å². The number of ether oxygens (including phenoxy) is 2. The van der Waals surface area contributed by atoms with Crippen molar-refractivity contribution in [1.29, 1.82) is 5.26 Å². The third kappa shape index (κ3) is 4.21.